The molecule has 0 aliphatic carbocycles. The van der Waals surface area contributed by atoms with Crippen LogP contribution in [0.25, 0.3) is 6.08 Å². The molecule has 0 unspecified atom stereocenters. The summed E-state index contributed by atoms with van der Waals surface area (Å²) in [7, 11) is 1.50. The van der Waals surface area contributed by atoms with Crippen LogP contribution in [0.5, 0.6) is 17.2 Å². The van der Waals surface area contributed by atoms with E-state index in [9.17, 15) is 10.1 Å². The molecule has 0 saturated carbocycles. The quantitative estimate of drug-likeness (QED) is 0.575. The van der Waals surface area contributed by atoms with Crippen LogP contribution in [-0.4, -0.2) is 18.8 Å². The van der Waals surface area contributed by atoms with Gasteiger partial charge in [0.15, 0.2) is 11.5 Å². The Kier molecular flexibility index (Phi) is 2.63. The molecule has 0 N–H and O–H groups in total. The monoisotopic (exact) mass is 223 g/mol. The van der Waals surface area contributed by atoms with Crippen molar-refractivity contribution >= 4 is 6.08 Å². The molecule has 1 heterocycles. The molecule has 0 amide bonds. The number of fused-ring (bicyclic) bond motifs is 1. The highest BCUT2D eigenvalue weighted by molar-refractivity contribution is 5.62. The number of ether oxygens (including phenoxy) is 3. The SMILES string of the molecule is COc1cc(/C=C\[N+](=O)[O-])cc2c1OCO2. The Labute approximate surface area is 91.2 Å². The summed E-state index contributed by atoms with van der Waals surface area (Å²) in [6.45, 7) is 0.133. The number of methoxy groups -OCH3 is 1. The largest absolute Gasteiger partial charge is 0.493 e. The molecule has 0 saturated heterocycles. The third kappa shape index (κ3) is 1.90. The molecule has 84 valence electrons. The average molecular weight is 223 g/mol. The molecule has 1 aromatic carbocycles. The molecule has 6 heteroatoms. The van der Waals surface area contributed by atoms with Crippen LogP contribution in [0.15, 0.2) is 18.3 Å². The second-order valence-corrected chi connectivity index (χ2v) is 3.06. The lowest BCUT2D eigenvalue weighted by molar-refractivity contribution is -0.400. The molecule has 0 atom stereocenters. The zero-order chi connectivity index (χ0) is 11.5. The third-order valence-corrected chi connectivity index (χ3v) is 2.07. The van der Waals surface area contributed by atoms with E-state index in [2.05, 4.69) is 0 Å². The van der Waals surface area contributed by atoms with E-state index in [-0.39, 0.29) is 6.79 Å². The van der Waals surface area contributed by atoms with Gasteiger partial charge in [-0.1, -0.05) is 0 Å². The van der Waals surface area contributed by atoms with Crippen molar-refractivity contribution in [3.8, 4) is 17.2 Å². The average Bonchev–Trinajstić information content (AvgIpc) is 2.73. The maximum absolute atomic E-state index is 10.2. The maximum atomic E-state index is 10.2. The normalized spacial score (nSPS) is 13.1. The minimum absolute atomic E-state index is 0.133. The number of hydrogen-bond acceptors (Lipinski definition) is 5. The fraction of sp³-hybridized carbons (Fsp3) is 0.200. The summed E-state index contributed by atoms with van der Waals surface area (Å²) in [5.74, 6) is 1.56. The van der Waals surface area contributed by atoms with Crippen LogP contribution in [0.2, 0.25) is 0 Å². The van der Waals surface area contributed by atoms with Crippen LogP contribution >= 0.6 is 0 Å². The fourth-order valence-electron chi connectivity index (χ4n) is 1.39. The summed E-state index contributed by atoms with van der Waals surface area (Å²) in [5, 5.41) is 10.2. The van der Waals surface area contributed by atoms with Crippen LogP contribution in [0.4, 0.5) is 0 Å². The Morgan fingerprint density at radius 3 is 3.00 bits per heavy atom. The summed E-state index contributed by atoms with van der Waals surface area (Å²) in [6.07, 6.45) is 2.22. The lowest BCUT2D eigenvalue weighted by Crippen LogP contribution is -1.93. The Morgan fingerprint density at radius 2 is 2.31 bits per heavy atom. The molecule has 0 spiro atoms. The van der Waals surface area contributed by atoms with Crippen molar-refractivity contribution < 1.29 is 19.1 Å². The third-order valence-electron chi connectivity index (χ3n) is 2.07. The molecular formula is C10H9NO5. The second kappa shape index (κ2) is 4.09. The van der Waals surface area contributed by atoms with Gasteiger partial charge in [0.2, 0.25) is 18.7 Å². The Balaban J connectivity index is 2.38. The fourth-order valence-corrected chi connectivity index (χ4v) is 1.39. The van der Waals surface area contributed by atoms with Crippen molar-refractivity contribution in [1.82, 2.24) is 0 Å². The smallest absolute Gasteiger partial charge is 0.235 e. The molecule has 1 aliphatic rings. The number of benzene rings is 1. The van der Waals surface area contributed by atoms with E-state index in [4.69, 9.17) is 14.2 Å². The maximum Gasteiger partial charge on any atom is 0.235 e. The summed E-state index contributed by atoms with van der Waals surface area (Å²) < 4.78 is 15.5. The van der Waals surface area contributed by atoms with Gasteiger partial charge in [-0.05, 0) is 17.7 Å². The molecule has 0 aromatic heterocycles. The zero-order valence-electron chi connectivity index (χ0n) is 8.50. The van der Waals surface area contributed by atoms with Gasteiger partial charge in [0.25, 0.3) is 0 Å². The van der Waals surface area contributed by atoms with Crippen LogP contribution in [-0.2, 0) is 0 Å². The van der Waals surface area contributed by atoms with Gasteiger partial charge in [0, 0.05) is 6.08 Å². The molecule has 1 aromatic rings. The minimum atomic E-state index is -0.531. The van der Waals surface area contributed by atoms with E-state index in [0.717, 1.165) is 6.20 Å². The van der Waals surface area contributed by atoms with Gasteiger partial charge in [-0.2, -0.15) is 0 Å². The van der Waals surface area contributed by atoms with Crippen LogP contribution in [0.3, 0.4) is 0 Å². The highest BCUT2D eigenvalue weighted by Crippen LogP contribution is 2.41. The van der Waals surface area contributed by atoms with Crippen molar-refractivity contribution in [2.45, 2.75) is 0 Å². The Bertz CT molecular complexity index is 455. The number of nitrogens with zero attached hydrogens (tertiary/aromatic N) is 1. The van der Waals surface area contributed by atoms with E-state index in [1.165, 1.54) is 13.2 Å². The van der Waals surface area contributed by atoms with Gasteiger partial charge in [-0.15, -0.1) is 0 Å². The highest BCUT2D eigenvalue weighted by atomic mass is 16.7. The molecule has 1 aliphatic heterocycles. The van der Waals surface area contributed by atoms with Gasteiger partial charge < -0.3 is 14.2 Å². The highest BCUT2D eigenvalue weighted by Gasteiger charge is 2.19. The van der Waals surface area contributed by atoms with E-state index in [0.29, 0.717) is 22.8 Å². The first kappa shape index (κ1) is 10.3. The van der Waals surface area contributed by atoms with E-state index in [1.54, 1.807) is 12.1 Å². The lowest BCUT2D eigenvalue weighted by Gasteiger charge is -2.05. The zero-order valence-corrected chi connectivity index (χ0v) is 8.50. The summed E-state index contributed by atoms with van der Waals surface area (Å²) in [6, 6.07) is 3.30. The summed E-state index contributed by atoms with van der Waals surface area (Å²) in [4.78, 5) is 9.66. The van der Waals surface area contributed by atoms with E-state index < -0.39 is 4.92 Å². The Hall–Kier alpha value is -2.24. The predicted molar refractivity (Wildman–Crippen MR) is 55.1 cm³/mol. The summed E-state index contributed by atoms with van der Waals surface area (Å²) in [5.41, 5.74) is 0.623. The molecule has 6 nitrogen and oxygen atoms in total. The lowest BCUT2D eigenvalue weighted by atomic mass is 10.2. The minimum Gasteiger partial charge on any atom is -0.493 e. The van der Waals surface area contributed by atoms with Gasteiger partial charge in [-0.25, -0.2) is 0 Å². The van der Waals surface area contributed by atoms with E-state index in [1.807, 2.05) is 0 Å². The standard InChI is InChI=1S/C10H9NO5/c1-14-8-4-7(2-3-11(12)13)5-9-10(8)16-6-15-9/h2-5H,6H2,1H3/b3-2-. The van der Waals surface area contributed by atoms with Crippen molar-refractivity contribution in [3.05, 3.63) is 34.0 Å². The predicted octanol–water partition coefficient (Wildman–Crippen LogP) is 1.67. The second-order valence-electron chi connectivity index (χ2n) is 3.06. The van der Waals surface area contributed by atoms with Gasteiger partial charge in [-0.3, -0.25) is 10.1 Å². The van der Waals surface area contributed by atoms with E-state index >= 15 is 0 Å². The van der Waals surface area contributed by atoms with Crippen molar-refractivity contribution in [2.75, 3.05) is 13.9 Å². The Morgan fingerprint density at radius 1 is 1.50 bits per heavy atom. The molecule has 16 heavy (non-hydrogen) atoms. The van der Waals surface area contributed by atoms with Crippen LogP contribution in [0, 0.1) is 10.1 Å². The first-order chi connectivity index (χ1) is 7.70. The van der Waals surface area contributed by atoms with Crippen molar-refractivity contribution in [1.29, 1.82) is 0 Å². The molecule has 0 fully saturated rings. The number of hydrogen-bond donors (Lipinski definition) is 0. The van der Waals surface area contributed by atoms with Gasteiger partial charge in [0.05, 0.1) is 12.0 Å². The topological polar surface area (TPSA) is 70.8 Å². The first-order valence-electron chi connectivity index (χ1n) is 4.50. The first-order valence-corrected chi connectivity index (χ1v) is 4.50. The van der Waals surface area contributed by atoms with Gasteiger partial charge >= 0.3 is 0 Å². The van der Waals surface area contributed by atoms with Gasteiger partial charge in [0.1, 0.15) is 0 Å². The summed E-state index contributed by atoms with van der Waals surface area (Å²) >= 11 is 0. The van der Waals surface area contributed by atoms with Crippen molar-refractivity contribution in [2.24, 2.45) is 0 Å². The molecule has 2 rings (SSSR count). The number of nitro groups is 1. The van der Waals surface area contributed by atoms with Crippen molar-refractivity contribution in [3.63, 3.8) is 0 Å². The molecule has 0 radical (unpaired) electrons. The molecule has 0 bridgehead atoms. The molecular weight excluding hydrogens is 214 g/mol. The number of rotatable bonds is 3. The van der Waals surface area contributed by atoms with Crippen LogP contribution in [0.1, 0.15) is 5.56 Å². The van der Waals surface area contributed by atoms with Crippen LogP contribution < -0.4 is 14.2 Å².